The molecule has 0 fully saturated rings. The lowest BCUT2D eigenvalue weighted by atomic mass is 9.83. The van der Waals surface area contributed by atoms with Crippen LogP contribution in [0.4, 0.5) is 11.4 Å². The molecule has 208 valence electrons. The highest BCUT2D eigenvalue weighted by atomic mass is 32.2. The summed E-state index contributed by atoms with van der Waals surface area (Å²) < 4.78 is 24.2. The number of hydrogen-bond acceptors (Lipinski definition) is 7. The SMILES string of the molecule is CNC(C)(C(N)=O)[C@@H]1CN(C(=O)CS(C)(=O)=O)c2ccc(C#N)cc2N(Cc2c(C)ccc3ccccc23)C1=O. The number of primary amides is 1. The van der Waals surface area contributed by atoms with Gasteiger partial charge < -0.3 is 20.9 Å². The largest absolute Gasteiger partial charge is 0.368 e. The van der Waals surface area contributed by atoms with Gasteiger partial charge in [0.05, 0.1) is 35.5 Å². The molecular formula is C29H31N5O5S. The Kier molecular flexibility index (Phi) is 7.70. The number of amides is 3. The van der Waals surface area contributed by atoms with E-state index in [1.807, 2.05) is 43.3 Å². The molecule has 3 N–H and O–H groups in total. The molecule has 1 unspecified atom stereocenters. The summed E-state index contributed by atoms with van der Waals surface area (Å²) in [5.41, 5.74) is 6.71. The zero-order valence-electron chi connectivity index (χ0n) is 22.8. The normalized spacial score (nSPS) is 17.1. The average Bonchev–Trinajstić information content (AvgIpc) is 3.02. The van der Waals surface area contributed by atoms with Crippen molar-refractivity contribution in [2.24, 2.45) is 11.7 Å². The van der Waals surface area contributed by atoms with Crippen LogP contribution in [0.15, 0.2) is 54.6 Å². The predicted molar refractivity (Wildman–Crippen MR) is 153 cm³/mol. The van der Waals surface area contributed by atoms with Crippen molar-refractivity contribution in [1.29, 1.82) is 5.26 Å². The second-order valence-electron chi connectivity index (χ2n) is 10.3. The summed E-state index contributed by atoms with van der Waals surface area (Å²) in [6.45, 7) is 3.17. The summed E-state index contributed by atoms with van der Waals surface area (Å²) in [4.78, 5) is 43.3. The molecule has 0 saturated carbocycles. The monoisotopic (exact) mass is 561 g/mol. The maximum atomic E-state index is 14.5. The van der Waals surface area contributed by atoms with Crippen molar-refractivity contribution in [3.63, 3.8) is 0 Å². The van der Waals surface area contributed by atoms with Crippen LogP contribution < -0.4 is 20.9 Å². The first-order chi connectivity index (χ1) is 18.8. The van der Waals surface area contributed by atoms with Gasteiger partial charge in [-0.3, -0.25) is 14.4 Å². The van der Waals surface area contributed by atoms with Gasteiger partial charge in [0.1, 0.15) is 11.3 Å². The first-order valence-electron chi connectivity index (χ1n) is 12.6. The van der Waals surface area contributed by atoms with Crippen molar-refractivity contribution in [3.05, 3.63) is 71.3 Å². The summed E-state index contributed by atoms with van der Waals surface area (Å²) in [6.07, 6.45) is 0.946. The molecule has 11 heteroatoms. The molecule has 0 saturated heterocycles. The Morgan fingerprint density at radius 1 is 1.15 bits per heavy atom. The van der Waals surface area contributed by atoms with Crippen molar-refractivity contribution in [2.45, 2.75) is 25.9 Å². The van der Waals surface area contributed by atoms with Crippen LogP contribution in [0.3, 0.4) is 0 Å². The Bertz CT molecular complexity index is 1680. The van der Waals surface area contributed by atoms with Crippen LogP contribution in [0.25, 0.3) is 10.8 Å². The molecule has 1 aliphatic rings. The fourth-order valence-electron chi connectivity index (χ4n) is 5.12. The van der Waals surface area contributed by atoms with E-state index in [1.54, 1.807) is 0 Å². The Hall–Kier alpha value is -4.27. The van der Waals surface area contributed by atoms with Crippen molar-refractivity contribution < 1.29 is 22.8 Å². The van der Waals surface area contributed by atoms with E-state index in [0.29, 0.717) is 0 Å². The molecule has 0 aliphatic carbocycles. The lowest BCUT2D eigenvalue weighted by Gasteiger charge is -2.36. The van der Waals surface area contributed by atoms with Gasteiger partial charge in [-0.1, -0.05) is 36.4 Å². The smallest absolute Gasteiger partial charge is 0.242 e. The summed E-state index contributed by atoms with van der Waals surface area (Å²) in [7, 11) is -2.24. The fraction of sp³-hybridized carbons (Fsp3) is 0.310. The van der Waals surface area contributed by atoms with E-state index in [9.17, 15) is 28.1 Å². The Balaban J connectivity index is 2.00. The van der Waals surface area contributed by atoms with Crippen LogP contribution in [0.5, 0.6) is 0 Å². The maximum Gasteiger partial charge on any atom is 0.242 e. The molecule has 1 aliphatic heterocycles. The second-order valence-corrected chi connectivity index (χ2v) is 12.4. The van der Waals surface area contributed by atoms with E-state index < -0.39 is 44.8 Å². The van der Waals surface area contributed by atoms with Crippen molar-refractivity contribution >= 4 is 49.7 Å². The van der Waals surface area contributed by atoms with Gasteiger partial charge in [-0.15, -0.1) is 0 Å². The number of nitrogens with zero attached hydrogens (tertiary/aromatic N) is 3. The number of likely N-dealkylation sites (N-methyl/N-ethyl adjacent to an activating group) is 1. The van der Waals surface area contributed by atoms with Gasteiger partial charge >= 0.3 is 0 Å². The van der Waals surface area contributed by atoms with Crippen molar-refractivity contribution in [1.82, 2.24) is 5.32 Å². The number of aryl methyl sites for hydroxylation is 1. The topological polar surface area (TPSA) is 154 Å². The summed E-state index contributed by atoms with van der Waals surface area (Å²) in [5.74, 6) is -4.07. The van der Waals surface area contributed by atoms with Gasteiger partial charge in [-0.25, -0.2) is 8.42 Å². The molecule has 1 heterocycles. The van der Waals surface area contributed by atoms with Crippen LogP contribution in [0.1, 0.15) is 23.6 Å². The molecule has 0 spiro atoms. The molecule has 0 radical (unpaired) electrons. The van der Waals surface area contributed by atoms with Crippen LogP contribution in [0.2, 0.25) is 0 Å². The molecule has 40 heavy (non-hydrogen) atoms. The van der Waals surface area contributed by atoms with E-state index in [2.05, 4.69) is 11.4 Å². The third-order valence-corrected chi connectivity index (χ3v) is 8.39. The third kappa shape index (κ3) is 5.28. The minimum absolute atomic E-state index is 0.0665. The summed E-state index contributed by atoms with van der Waals surface area (Å²) in [5, 5.41) is 14.4. The number of nitrogens with one attached hydrogen (secondary N) is 1. The lowest BCUT2D eigenvalue weighted by molar-refractivity contribution is -0.133. The van der Waals surface area contributed by atoms with Crippen LogP contribution >= 0.6 is 0 Å². The molecule has 2 atom stereocenters. The van der Waals surface area contributed by atoms with Gasteiger partial charge in [0.25, 0.3) is 0 Å². The Morgan fingerprint density at radius 2 is 1.85 bits per heavy atom. The van der Waals surface area contributed by atoms with Gasteiger partial charge in [0.2, 0.25) is 17.7 Å². The fourth-order valence-corrected chi connectivity index (χ4v) is 5.72. The molecule has 10 nitrogen and oxygen atoms in total. The number of rotatable bonds is 7. The van der Waals surface area contributed by atoms with E-state index in [-0.39, 0.29) is 30.0 Å². The number of carbonyl (C=O) groups is 3. The van der Waals surface area contributed by atoms with Crippen LogP contribution in [-0.2, 0) is 30.8 Å². The van der Waals surface area contributed by atoms with Gasteiger partial charge in [-0.05, 0) is 61.0 Å². The summed E-state index contributed by atoms with van der Waals surface area (Å²) >= 11 is 0. The molecule has 3 aromatic rings. The Labute approximate surface area is 233 Å². The van der Waals surface area contributed by atoms with E-state index in [1.165, 1.54) is 42.0 Å². The standard InChI is InChI=1S/C29H31N5O5S/c1-18-9-11-20-7-5-6-8-21(20)22(18)15-34-25-13-19(14-30)10-12-24(25)33(26(35)17-40(4,38)39)16-23(27(34)36)29(2,32-3)28(31)37/h5-13,23,32H,15-17H2,1-4H3,(H2,31,37)/t23-,29?/m1/s1. The molecule has 4 rings (SSSR count). The quantitative estimate of drug-likeness (QED) is 0.447. The highest BCUT2D eigenvalue weighted by molar-refractivity contribution is 7.91. The number of carbonyl (C=O) groups excluding carboxylic acids is 3. The first-order valence-corrected chi connectivity index (χ1v) is 14.7. The number of benzene rings is 3. The minimum atomic E-state index is -3.73. The zero-order valence-corrected chi connectivity index (χ0v) is 23.6. The van der Waals surface area contributed by atoms with Crippen molar-refractivity contribution in [2.75, 3.05) is 35.4 Å². The molecule has 3 aromatic carbocycles. The molecular weight excluding hydrogens is 530 g/mol. The lowest BCUT2D eigenvalue weighted by Crippen LogP contribution is -2.63. The molecule has 3 amide bonds. The minimum Gasteiger partial charge on any atom is -0.368 e. The number of anilines is 2. The van der Waals surface area contributed by atoms with Gasteiger partial charge in [0, 0.05) is 12.8 Å². The first kappa shape index (κ1) is 28.7. The zero-order chi connectivity index (χ0) is 29.4. The number of hydrogen-bond donors (Lipinski definition) is 2. The third-order valence-electron chi connectivity index (χ3n) is 7.62. The average molecular weight is 562 g/mol. The predicted octanol–water partition coefficient (Wildman–Crippen LogP) is 2.02. The number of fused-ring (bicyclic) bond motifs is 2. The van der Waals surface area contributed by atoms with Crippen LogP contribution in [0, 0.1) is 24.2 Å². The second kappa shape index (κ2) is 10.7. The van der Waals surface area contributed by atoms with E-state index in [4.69, 9.17) is 5.73 Å². The number of sulfone groups is 1. The van der Waals surface area contributed by atoms with Gasteiger partial charge in [-0.2, -0.15) is 5.26 Å². The maximum absolute atomic E-state index is 14.5. The van der Waals surface area contributed by atoms with Crippen LogP contribution in [-0.4, -0.2) is 57.3 Å². The van der Waals surface area contributed by atoms with E-state index in [0.717, 1.165) is 28.2 Å². The number of nitrogens with two attached hydrogens (primary N) is 1. The highest BCUT2D eigenvalue weighted by Crippen LogP contribution is 2.39. The van der Waals surface area contributed by atoms with Crippen molar-refractivity contribution in [3.8, 4) is 6.07 Å². The highest BCUT2D eigenvalue weighted by Gasteiger charge is 2.49. The molecule has 0 bridgehead atoms. The number of nitriles is 1. The Morgan fingerprint density at radius 3 is 2.48 bits per heavy atom. The van der Waals surface area contributed by atoms with Gasteiger partial charge in [0.15, 0.2) is 9.84 Å². The van der Waals surface area contributed by atoms with E-state index >= 15 is 0 Å². The molecule has 0 aromatic heterocycles. The summed E-state index contributed by atoms with van der Waals surface area (Å²) in [6, 6.07) is 18.3.